The molecule has 5 heteroatoms. The second-order valence-electron chi connectivity index (χ2n) is 7.34. The number of anilines is 2. The van der Waals surface area contributed by atoms with E-state index in [0.29, 0.717) is 10.6 Å². The summed E-state index contributed by atoms with van der Waals surface area (Å²) in [5.41, 5.74) is 3.18. The highest BCUT2D eigenvalue weighted by Gasteiger charge is 2.28. The van der Waals surface area contributed by atoms with E-state index in [-0.39, 0.29) is 5.92 Å². The fourth-order valence-electron chi connectivity index (χ4n) is 3.29. The molecular weight excluding hydrogens is 396 g/mol. The van der Waals surface area contributed by atoms with E-state index in [4.69, 9.17) is 16.3 Å². The first-order chi connectivity index (χ1) is 14.5. The number of hydrogen-bond donors (Lipinski definition) is 1. The zero-order valence-corrected chi connectivity index (χ0v) is 17.6. The topological polar surface area (TPSA) is 62.1 Å². The van der Waals surface area contributed by atoms with Gasteiger partial charge in [0, 0.05) is 22.0 Å². The minimum Gasteiger partial charge on any atom is -0.441 e. The fourth-order valence-corrected chi connectivity index (χ4v) is 3.42. The van der Waals surface area contributed by atoms with Gasteiger partial charge >= 0.3 is 5.97 Å². The van der Waals surface area contributed by atoms with Gasteiger partial charge in [0.25, 0.3) is 0 Å². The van der Waals surface area contributed by atoms with Gasteiger partial charge in [-0.1, -0.05) is 67.9 Å². The van der Waals surface area contributed by atoms with Crippen LogP contribution in [0.2, 0.25) is 5.02 Å². The molecule has 0 aliphatic rings. The highest BCUT2D eigenvalue weighted by Crippen LogP contribution is 2.30. The maximum Gasteiger partial charge on any atom is 0.315 e. The molecule has 3 aromatic rings. The molecule has 0 heterocycles. The molecule has 30 heavy (non-hydrogen) atoms. The molecule has 3 rings (SSSR count). The number of carbonyl (C=O) groups excluding carboxylic acids is 1. The minimum absolute atomic E-state index is 0.00380. The molecule has 0 aliphatic carbocycles. The van der Waals surface area contributed by atoms with Crippen molar-refractivity contribution in [2.75, 3.05) is 5.32 Å². The van der Waals surface area contributed by atoms with Crippen LogP contribution in [0, 0.1) is 17.2 Å². The molecule has 2 unspecified atom stereocenters. The lowest BCUT2D eigenvalue weighted by Crippen LogP contribution is -2.22. The average molecular weight is 419 g/mol. The molecule has 152 valence electrons. The van der Waals surface area contributed by atoms with Crippen LogP contribution in [-0.2, 0) is 9.53 Å². The molecule has 2 atom stereocenters. The molecule has 0 fully saturated rings. The van der Waals surface area contributed by atoms with Crippen LogP contribution in [0.15, 0.2) is 78.9 Å². The van der Waals surface area contributed by atoms with Crippen molar-refractivity contribution in [3.05, 3.63) is 95.0 Å². The monoisotopic (exact) mass is 418 g/mol. The summed E-state index contributed by atoms with van der Waals surface area (Å²) in [6.45, 7) is 3.90. The van der Waals surface area contributed by atoms with Crippen molar-refractivity contribution in [2.24, 2.45) is 5.92 Å². The smallest absolute Gasteiger partial charge is 0.315 e. The predicted molar refractivity (Wildman–Crippen MR) is 120 cm³/mol. The van der Waals surface area contributed by atoms with Gasteiger partial charge in [-0.2, -0.15) is 5.26 Å². The minimum atomic E-state index is -0.997. The van der Waals surface area contributed by atoms with Crippen molar-refractivity contribution in [2.45, 2.75) is 25.9 Å². The highest BCUT2D eigenvalue weighted by molar-refractivity contribution is 6.30. The molecular formula is C25H23ClN2O2. The summed E-state index contributed by atoms with van der Waals surface area (Å²) in [6.07, 6.45) is -0.997. The molecule has 0 saturated carbocycles. The van der Waals surface area contributed by atoms with Crippen molar-refractivity contribution < 1.29 is 9.53 Å². The third-order valence-electron chi connectivity index (χ3n) is 4.75. The lowest BCUT2D eigenvalue weighted by Gasteiger charge is -2.22. The Morgan fingerprint density at radius 2 is 1.60 bits per heavy atom. The number of halogens is 1. The number of rotatable bonds is 7. The molecule has 1 N–H and O–H groups in total. The van der Waals surface area contributed by atoms with E-state index in [2.05, 4.69) is 11.4 Å². The first kappa shape index (κ1) is 21.4. The Kier molecular flexibility index (Phi) is 7.11. The normalized spacial score (nSPS) is 12.6. The number of ether oxygens (including phenoxy) is 1. The maximum atomic E-state index is 13.0. The summed E-state index contributed by atoms with van der Waals surface area (Å²) in [5.74, 6) is -0.909. The van der Waals surface area contributed by atoms with E-state index in [0.717, 1.165) is 16.9 Å². The largest absolute Gasteiger partial charge is 0.441 e. The number of nitriles is 1. The first-order valence-electron chi connectivity index (χ1n) is 9.75. The predicted octanol–water partition coefficient (Wildman–Crippen LogP) is 6.63. The maximum absolute atomic E-state index is 13.0. The Bertz CT molecular complexity index is 1030. The standard InChI is InChI=1S/C25H23ClN2O2/c1-17(2)24(18-11-13-20(26)14-12-18)25(29)30-23(16-27)19-7-6-10-22(15-19)28-21-8-4-3-5-9-21/h3-15,17,23-24,28H,1-2H3. The Hall–Kier alpha value is -3.29. The molecule has 0 spiro atoms. The van der Waals surface area contributed by atoms with Crippen LogP contribution in [0.25, 0.3) is 0 Å². The number of carbonyl (C=O) groups is 1. The number of para-hydroxylation sites is 1. The van der Waals surface area contributed by atoms with E-state index in [1.165, 1.54) is 0 Å². The number of nitrogens with zero attached hydrogens (tertiary/aromatic N) is 1. The third kappa shape index (κ3) is 5.40. The van der Waals surface area contributed by atoms with Crippen molar-refractivity contribution in [1.82, 2.24) is 0 Å². The zero-order chi connectivity index (χ0) is 21.5. The van der Waals surface area contributed by atoms with E-state index < -0.39 is 18.0 Å². The molecule has 0 amide bonds. The molecule has 4 nitrogen and oxygen atoms in total. The van der Waals surface area contributed by atoms with Gasteiger partial charge in [-0.25, -0.2) is 0 Å². The summed E-state index contributed by atoms with van der Waals surface area (Å²) in [6, 6.07) is 26.3. The second kappa shape index (κ2) is 9.96. The molecule has 3 aromatic carbocycles. The molecule has 0 saturated heterocycles. The van der Waals surface area contributed by atoms with Crippen LogP contribution in [0.1, 0.15) is 37.0 Å². The van der Waals surface area contributed by atoms with Crippen molar-refractivity contribution >= 4 is 28.9 Å². The van der Waals surface area contributed by atoms with Crippen molar-refractivity contribution in [1.29, 1.82) is 5.26 Å². The number of esters is 1. The summed E-state index contributed by atoms with van der Waals surface area (Å²) >= 11 is 5.97. The second-order valence-corrected chi connectivity index (χ2v) is 7.77. The van der Waals surface area contributed by atoms with E-state index in [1.807, 2.05) is 74.5 Å². The lowest BCUT2D eigenvalue weighted by atomic mass is 9.88. The van der Waals surface area contributed by atoms with Crippen molar-refractivity contribution in [3.8, 4) is 6.07 Å². The van der Waals surface area contributed by atoms with E-state index in [1.54, 1.807) is 18.2 Å². The van der Waals surface area contributed by atoms with Gasteiger partial charge < -0.3 is 10.1 Å². The Morgan fingerprint density at radius 1 is 0.933 bits per heavy atom. The van der Waals surface area contributed by atoms with Gasteiger partial charge in [0.1, 0.15) is 6.07 Å². The number of benzene rings is 3. The van der Waals surface area contributed by atoms with Crippen LogP contribution in [0.4, 0.5) is 11.4 Å². The zero-order valence-electron chi connectivity index (χ0n) is 16.9. The van der Waals surface area contributed by atoms with Crippen LogP contribution in [-0.4, -0.2) is 5.97 Å². The van der Waals surface area contributed by atoms with Crippen LogP contribution >= 0.6 is 11.6 Å². The fraction of sp³-hybridized carbons (Fsp3) is 0.200. The SMILES string of the molecule is CC(C)C(C(=O)OC(C#N)c1cccc(Nc2ccccc2)c1)c1ccc(Cl)cc1. The van der Waals surface area contributed by atoms with E-state index in [9.17, 15) is 10.1 Å². The molecule has 0 bridgehead atoms. The van der Waals surface area contributed by atoms with Gasteiger partial charge in [-0.15, -0.1) is 0 Å². The highest BCUT2D eigenvalue weighted by atomic mass is 35.5. The molecule has 0 aliphatic heterocycles. The lowest BCUT2D eigenvalue weighted by molar-refractivity contribution is -0.150. The quantitative estimate of drug-likeness (QED) is 0.437. The number of nitrogens with one attached hydrogen (secondary N) is 1. The Labute approximate surface area is 182 Å². The van der Waals surface area contributed by atoms with Gasteiger partial charge in [-0.05, 0) is 47.9 Å². The van der Waals surface area contributed by atoms with Gasteiger partial charge in [0.2, 0.25) is 6.10 Å². The van der Waals surface area contributed by atoms with Gasteiger partial charge in [-0.3, -0.25) is 4.79 Å². The summed E-state index contributed by atoms with van der Waals surface area (Å²) < 4.78 is 5.64. The first-order valence-corrected chi connectivity index (χ1v) is 10.1. The van der Waals surface area contributed by atoms with Crippen molar-refractivity contribution in [3.63, 3.8) is 0 Å². The average Bonchev–Trinajstić information content (AvgIpc) is 2.74. The molecule has 0 aromatic heterocycles. The summed E-state index contributed by atoms with van der Waals surface area (Å²) in [7, 11) is 0. The Balaban J connectivity index is 1.78. The molecule has 0 radical (unpaired) electrons. The summed E-state index contributed by atoms with van der Waals surface area (Å²) in [4.78, 5) is 13.0. The summed E-state index contributed by atoms with van der Waals surface area (Å²) in [5, 5.41) is 13.6. The third-order valence-corrected chi connectivity index (χ3v) is 5.00. The van der Waals surface area contributed by atoms with E-state index >= 15 is 0 Å². The van der Waals surface area contributed by atoms with Crippen LogP contribution in [0.5, 0.6) is 0 Å². The van der Waals surface area contributed by atoms with Crippen LogP contribution in [0.3, 0.4) is 0 Å². The van der Waals surface area contributed by atoms with Gasteiger partial charge in [0.15, 0.2) is 0 Å². The number of hydrogen-bond acceptors (Lipinski definition) is 4. The Morgan fingerprint density at radius 3 is 2.23 bits per heavy atom. The van der Waals surface area contributed by atoms with Gasteiger partial charge in [0.05, 0.1) is 5.92 Å². The van der Waals surface area contributed by atoms with Crippen LogP contribution < -0.4 is 5.32 Å².